The smallest absolute Gasteiger partial charge is 0.270 e. The van der Waals surface area contributed by atoms with Crippen LogP contribution in [0.2, 0.25) is 0 Å². The molecule has 0 unspecified atom stereocenters. The minimum atomic E-state index is -3.64. The number of nitro groups is 1. The number of non-ortho nitro benzene ring substituents is 1. The number of rotatable bonds is 5. The minimum Gasteiger partial charge on any atom is -0.322 e. The second kappa shape index (κ2) is 8.71. The summed E-state index contributed by atoms with van der Waals surface area (Å²) in [6.07, 6.45) is 3.71. The van der Waals surface area contributed by atoms with Gasteiger partial charge in [-0.25, -0.2) is 8.42 Å². The number of hydrogen-bond donors (Lipinski definition) is 1. The number of hydrogen-bond acceptors (Lipinski definition) is 5. The molecule has 3 rings (SSSR count). The third-order valence-corrected chi connectivity index (χ3v) is 6.87. The summed E-state index contributed by atoms with van der Waals surface area (Å²) in [5.74, 6) is -0.532. The van der Waals surface area contributed by atoms with Gasteiger partial charge in [0.1, 0.15) is 0 Å². The molecular formula is C20H23N3O5S. The highest BCUT2D eigenvalue weighted by Gasteiger charge is 2.25. The Labute approximate surface area is 169 Å². The normalized spacial score (nSPS) is 15.5. The molecule has 0 spiro atoms. The van der Waals surface area contributed by atoms with Crippen LogP contribution in [0.1, 0.15) is 41.6 Å². The van der Waals surface area contributed by atoms with Crippen LogP contribution in [0.5, 0.6) is 0 Å². The van der Waals surface area contributed by atoms with E-state index in [4.69, 9.17) is 0 Å². The molecule has 2 aromatic rings. The Morgan fingerprint density at radius 3 is 2.41 bits per heavy atom. The van der Waals surface area contributed by atoms with Gasteiger partial charge in [0.2, 0.25) is 10.0 Å². The second-order valence-electron chi connectivity index (χ2n) is 7.06. The molecule has 1 aliphatic rings. The van der Waals surface area contributed by atoms with Gasteiger partial charge in [0.15, 0.2) is 0 Å². The van der Waals surface area contributed by atoms with Gasteiger partial charge in [-0.2, -0.15) is 4.31 Å². The van der Waals surface area contributed by atoms with E-state index in [1.807, 2.05) is 0 Å². The van der Waals surface area contributed by atoms with Gasteiger partial charge >= 0.3 is 0 Å². The van der Waals surface area contributed by atoms with Gasteiger partial charge in [0, 0.05) is 36.5 Å². The number of nitrogens with one attached hydrogen (secondary N) is 1. The van der Waals surface area contributed by atoms with Crippen molar-refractivity contribution >= 4 is 27.3 Å². The number of carbonyl (C=O) groups is 1. The van der Waals surface area contributed by atoms with Gasteiger partial charge in [-0.15, -0.1) is 0 Å². The standard InChI is InChI=1S/C20H23N3O5S/c1-15-9-10-17(23(25)26)14-19(15)20(24)21-16-7-6-8-18(13-16)29(27,28)22-11-4-2-3-5-12-22/h6-10,13-14H,2-5,11-12H2,1H3,(H,21,24). The number of amides is 1. The summed E-state index contributed by atoms with van der Waals surface area (Å²) in [6, 6.07) is 10.1. The average molecular weight is 417 g/mol. The zero-order chi connectivity index (χ0) is 21.0. The van der Waals surface area contributed by atoms with Crippen molar-refractivity contribution in [1.82, 2.24) is 4.31 Å². The van der Waals surface area contributed by atoms with Gasteiger partial charge < -0.3 is 5.32 Å². The first-order valence-electron chi connectivity index (χ1n) is 9.45. The first-order chi connectivity index (χ1) is 13.8. The van der Waals surface area contributed by atoms with E-state index in [1.54, 1.807) is 19.1 Å². The first kappa shape index (κ1) is 20.9. The summed E-state index contributed by atoms with van der Waals surface area (Å²) in [7, 11) is -3.64. The Morgan fingerprint density at radius 1 is 1.07 bits per heavy atom. The number of benzene rings is 2. The van der Waals surface area contributed by atoms with Crippen LogP contribution in [0.25, 0.3) is 0 Å². The van der Waals surface area contributed by atoms with Gasteiger partial charge in [0.05, 0.1) is 9.82 Å². The highest BCUT2D eigenvalue weighted by atomic mass is 32.2. The van der Waals surface area contributed by atoms with Crippen LogP contribution >= 0.6 is 0 Å². The van der Waals surface area contributed by atoms with E-state index in [1.165, 1.54) is 34.6 Å². The average Bonchev–Trinajstić information content (AvgIpc) is 2.98. The van der Waals surface area contributed by atoms with Crippen LogP contribution in [-0.2, 0) is 10.0 Å². The zero-order valence-corrected chi connectivity index (χ0v) is 16.9. The van der Waals surface area contributed by atoms with E-state index in [0.717, 1.165) is 25.7 Å². The monoisotopic (exact) mass is 417 g/mol. The molecule has 29 heavy (non-hydrogen) atoms. The summed E-state index contributed by atoms with van der Waals surface area (Å²) in [4.78, 5) is 23.2. The van der Waals surface area contributed by atoms with Crippen molar-refractivity contribution in [1.29, 1.82) is 0 Å². The highest BCUT2D eigenvalue weighted by molar-refractivity contribution is 7.89. The van der Waals surface area contributed by atoms with Gasteiger partial charge in [-0.3, -0.25) is 14.9 Å². The predicted octanol–water partition coefficient (Wildman–Crippen LogP) is 3.72. The molecule has 0 radical (unpaired) electrons. The summed E-state index contributed by atoms with van der Waals surface area (Å²) in [6.45, 7) is 2.66. The van der Waals surface area contributed by atoms with Crippen LogP contribution in [0.4, 0.5) is 11.4 Å². The summed E-state index contributed by atoms with van der Waals surface area (Å²) >= 11 is 0. The van der Waals surface area contributed by atoms with Crippen LogP contribution in [0.15, 0.2) is 47.4 Å². The summed E-state index contributed by atoms with van der Waals surface area (Å²) in [5.41, 5.74) is 0.886. The Balaban J connectivity index is 1.84. The fraction of sp³-hybridized carbons (Fsp3) is 0.350. The Kier molecular flexibility index (Phi) is 6.29. The molecule has 154 valence electrons. The van der Waals surface area contributed by atoms with Crippen LogP contribution in [0, 0.1) is 17.0 Å². The fourth-order valence-electron chi connectivity index (χ4n) is 3.33. The molecular weight excluding hydrogens is 394 g/mol. The molecule has 1 heterocycles. The van der Waals surface area contributed by atoms with Crippen molar-refractivity contribution in [2.45, 2.75) is 37.5 Å². The van der Waals surface area contributed by atoms with Crippen molar-refractivity contribution in [2.75, 3.05) is 18.4 Å². The lowest BCUT2D eigenvalue weighted by atomic mass is 10.1. The summed E-state index contributed by atoms with van der Waals surface area (Å²) in [5, 5.41) is 13.6. The van der Waals surface area contributed by atoms with E-state index in [-0.39, 0.29) is 16.1 Å². The molecule has 1 amide bonds. The largest absolute Gasteiger partial charge is 0.322 e. The third-order valence-electron chi connectivity index (χ3n) is 4.97. The lowest BCUT2D eigenvalue weighted by Crippen LogP contribution is -2.32. The maximum absolute atomic E-state index is 13.0. The molecule has 0 bridgehead atoms. The molecule has 1 N–H and O–H groups in total. The number of anilines is 1. The van der Waals surface area contributed by atoms with E-state index < -0.39 is 20.9 Å². The van der Waals surface area contributed by atoms with E-state index in [9.17, 15) is 23.3 Å². The fourth-order valence-corrected chi connectivity index (χ4v) is 4.90. The molecule has 8 nitrogen and oxygen atoms in total. The van der Waals surface area contributed by atoms with Gasteiger partial charge in [-0.05, 0) is 43.5 Å². The van der Waals surface area contributed by atoms with Gasteiger partial charge in [-0.1, -0.05) is 25.0 Å². The number of nitrogens with zero attached hydrogens (tertiary/aromatic N) is 2. The quantitative estimate of drug-likeness (QED) is 0.589. The number of carbonyl (C=O) groups excluding carboxylic acids is 1. The Hall–Kier alpha value is -2.78. The molecule has 1 saturated heterocycles. The molecule has 0 aromatic heterocycles. The maximum Gasteiger partial charge on any atom is 0.270 e. The maximum atomic E-state index is 13.0. The van der Waals surface area contributed by atoms with Crippen molar-refractivity contribution in [3.05, 3.63) is 63.7 Å². The van der Waals surface area contributed by atoms with Crippen molar-refractivity contribution in [3.8, 4) is 0 Å². The lowest BCUT2D eigenvalue weighted by molar-refractivity contribution is -0.384. The second-order valence-corrected chi connectivity index (χ2v) is 8.99. The van der Waals surface area contributed by atoms with Crippen LogP contribution in [0.3, 0.4) is 0 Å². The van der Waals surface area contributed by atoms with E-state index in [2.05, 4.69) is 5.32 Å². The van der Waals surface area contributed by atoms with Crippen molar-refractivity contribution in [2.24, 2.45) is 0 Å². The van der Waals surface area contributed by atoms with E-state index in [0.29, 0.717) is 24.3 Å². The van der Waals surface area contributed by atoms with Crippen LogP contribution in [-0.4, -0.2) is 36.6 Å². The molecule has 2 aromatic carbocycles. The van der Waals surface area contributed by atoms with Gasteiger partial charge in [0.25, 0.3) is 11.6 Å². The van der Waals surface area contributed by atoms with Crippen LogP contribution < -0.4 is 5.32 Å². The first-order valence-corrected chi connectivity index (χ1v) is 10.9. The number of sulfonamides is 1. The van der Waals surface area contributed by atoms with Crippen molar-refractivity contribution < 1.29 is 18.1 Å². The molecule has 1 aliphatic heterocycles. The topological polar surface area (TPSA) is 110 Å². The van der Waals surface area contributed by atoms with Crippen molar-refractivity contribution in [3.63, 3.8) is 0 Å². The number of nitro benzene ring substituents is 1. The Bertz CT molecular complexity index is 1030. The minimum absolute atomic E-state index is 0.118. The SMILES string of the molecule is Cc1ccc([N+](=O)[O-])cc1C(=O)Nc1cccc(S(=O)(=O)N2CCCCCC2)c1. The molecule has 9 heteroatoms. The lowest BCUT2D eigenvalue weighted by Gasteiger charge is -2.20. The third kappa shape index (κ3) is 4.80. The van der Waals surface area contributed by atoms with E-state index >= 15 is 0 Å². The number of aryl methyl sites for hydroxylation is 1. The molecule has 1 fully saturated rings. The highest BCUT2D eigenvalue weighted by Crippen LogP contribution is 2.24. The molecule has 0 saturated carbocycles. The summed E-state index contributed by atoms with van der Waals surface area (Å²) < 4.78 is 27.4. The Morgan fingerprint density at radius 2 is 1.76 bits per heavy atom. The predicted molar refractivity (Wildman–Crippen MR) is 109 cm³/mol. The molecule has 0 atom stereocenters. The molecule has 0 aliphatic carbocycles. The zero-order valence-electron chi connectivity index (χ0n) is 16.1.